The number of nitro benzene ring substituents is 1. The molecule has 0 aliphatic rings. The minimum atomic E-state index is -1.53. The molecule has 0 spiro atoms. The number of halogens is 1. The van der Waals surface area contributed by atoms with Gasteiger partial charge in [-0.25, -0.2) is 13.9 Å². The van der Waals surface area contributed by atoms with Gasteiger partial charge in [-0.3, -0.25) is 10.1 Å². The molecular formula is C10H6FN3O5. The second-order valence-corrected chi connectivity index (χ2v) is 3.48. The standard InChI is InChI=1S/C10H6FN3O5/c11-5-2-1-3-6(14(18)19)9(5)13-4-7(15)8(12-13)10(16)17/h1-4,15H,(H,16,17). The number of aromatic carboxylic acids is 1. The van der Waals surface area contributed by atoms with Crippen molar-refractivity contribution >= 4 is 11.7 Å². The molecule has 8 nitrogen and oxygen atoms in total. The summed E-state index contributed by atoms with van der Waals surface area (Å²) in [6, 6.07) is 3.14. The van der Waals surface area contributed by atoms with Crippen LogP contribution in [0.2, 0.25) is 0 Å². The summed E-state index contributed by atoms with van der Waals surface area (Å²) >= 11 is 0. The number of nitro groups is 1. The van der Waals surface area contributed by atoms with Gasteiger partial charge in [0, 0.05) is 6.07 Å². The van der Waals surface area contributed by atoms with E-state index in [0.717, 1.165) is 24.4 Å². The maximum atomic E-state index is 13.6. The number of aromatic hydroxyl groups is 1. The van der Waals surface area contributed by atoms with Crippen LogP contribution in [0.3, 0.4) is 0 Å². The summed E-state index contributed by atoms with van der Waals surface area (Å²) in [4.78, 5) is 20.7. The van der Waals surface area contributed by atoms with Gasteiger partial charge < -0.3 is 10.2 Å². The first kappa shape index (κ1) is 12.5. The maximum absolute atomic E-state index is 13.6. The number of carbonyl (C=O) groups is 1. The van der Waals surface area contributed by atoms with Crippen molar-refractivity contribution in [2.45, 2.75) is 0 Å². The first-order valence-corrected chi connectivity index (χ1v) is 4.87. The van der Waals surface area contributed by atoms with E-state index in [1.807, 2.05) is 0 Å². The number of hydrogen-bond acceptors (Lipinski definition) is 5. The molecule has 19 heavy (non-hydrogen) atoms. The molecule has 2 aromatic rings. The van der Waals surface area contributed by atoms with Crippen LogP contribution in [0.4, 0.5) is 10.1 Å². The van der Waals surface area contributed by atoms with Gasteiger partial charge in [-0.15, -0.1) is 0 Å². The predicted octanol–water partition coefficient (Wildman–Crippen LogP) is 1.32. The van der Waals surface area contributed by atoms with Crippen molar-refractivity contribution in [1.29, 1.82) is 0 Å². The van der Waals surface area contributed by atoms with E-state index in [2.05, 4.69) is 5.10 Å². The first-order chi connectivity index (χ1) is 8.91. The molecule has 0 saturated carbocycles. The van der Waals surface area contributed by atoms with Crippen LogP contribution >= 0.6 is 0 Å². The Morgan fingerprint density at radius 1 is 1.47 bits per heavy atom. The van der Waals surface area contributed by atoms with E-state index in [0.29, 0.717) is 4.68 Å². The number of rotatable bonds is 3. The second-order valence-electron chi connectivity index (χ2n) is 3.48. The Balaban J connectivity index is 2.68. The van der Waals surface area contributed by atoms with Crippen molar-refractivity contribution in [3.8, 4) is 11.4 Å². The molecule has 0 aliphatic carbocycles. The van der Waals surface area contributed by atoms with Crippen LogP contribution in [0.25, 0.3) is 5.69 Å². The second kappa shape index (κ2) is 4.37. The van der Waals surface area contributed by atoms with E-state index >= 15 is 0 Å². The Bertz CT molecular complexity index is 682. The third kappa shape index (κ3) is 2.08. The van der Waals surface area contributed by atoms with Crippen molar-refractivity contribution in [2.24, 2.45) is 0 Å². The summed E-state index contributed by atoms with van der Waals surface area (Å²) in [5, 5.41) is 32.2. The molecule has 0 amide bonds. The molecule has 0 unspecified atom stereocenters. The van der Waals surface area contributed by atoms with Gasteiger partial charge in [0.2, 0.25) is 5.69 Å². The lowest BCUT2D eigenvalue weighted by Gasteiger charge is -2.03. The fraction of sp³-hybridized carbons (Fsp3) is 0. The summed E-state index contributed by atoms with van der Waals surface area (Å²) in [5.41, 5.74) is -1.87. The van der Waals surface area contributed by atoms with Gasteiger partial charge in [-0.05, 0) is 6.07 Å². The molecule has 0 aliphatic heterocycles. The minimum absolute atomic E-state index is 0.546. The van der Waals surface area contributed by atoms with Gasteiger partial charge in [0.1, 0.15) is 0 Å². The fourth-order valence-corrected chi connectivity index (χ4v) is 1.51. The fourth-order valence-electron chi connectivity index (χ4n) is 1.51. The highest BCUT2D eigenvalue weighted by Gasteiger charge is 2.23. The van der Waals surface area contributed by atoms with Crippen molar-refractivity contribution in [2.75, 3.05) is 0 Å². The van der Waals surface area contributed by atoms with E-state index in [-0.39, 0.29) is 0 Å². The van der Waals surface area contributed by atoms with Crippen molar-refractivity contribution < 1.29 is 24.3 Å². The SMILES string of the molecule is O=C(O)c1nn(-c2c(F)cccc2[N+](=O)[O-])cc1O. The van der Waals surface area contributed by atoms with Gasteiger partial charge in [-0.1, -0.05) is 6.07 Å². The van der Waals surface area contributed by atoms with Crippen LogP contribution in [0, 0.1) is 15.9 Å². The molecule has 0 radical (unpaired) electrons. The highest BCUT2D eigenvalue weighted by Crippen LogP contribution is 2.27. The summed E-state index contributed by atoms with van der Waals surface area (Å²) < 4.78 is 14.3. The highest BCUT2D eigenvalue weighted by molar-refractivity contribution is 5.88. The van der Waals surface area contributed by atoms with Crippen molar-refractivity contribution in [1.82, 2.24) is 9.78 Å². The number of aromatic nitrogens is 2. The normalized spacial score (nSPS) is 10.4. The number of hydrogen-bond donors (Lipinski definition) is 2. The number of para-hydroxylation sites is 1. The summed E-state index contributed by atoms with van der Waals surface area (Å²) in [6.45, 7) is 0. The quantitative estimate of drug-likeness (QED) is 0.639. The molecule has 1 heterocycles. The smallest absolute Gasteiger partial charge is 0.360 e. The van der Waals surface area contributed by atoms with E-state index in [4.69, 9.17) is 5.11 Å². The lowest BCUT2D eigenvalue weighted by Crippen LogP contribution is -2.05. The lowest BCUT2D eigenvalue weighted by atomic mass is 10.2. The van der Waals surface area contributed by atoms with E-state index in [1.165, 1.54) is 0 Å². The van der Waals surface area contributed by atoms with E-state index < -0.39 is 39.5 Å². The van der Waals surface area contributed by atoms with Crippen molar-refractivity contribution in [3.63, 3.8) is 0 Å². The number of carboxylic acids is 1. The molecule has 2 N–H and O–H groups in total. The number of carboxylic acid groups (broad SMARTS) is 1. The largest absolute Gasteiger partial charge is 0.504 e. The molecule has 0 bridgehead atoms. The molecule has 0 fully saturated rings. The molecule has 0 saturated heterocycles. The zero-order chi connectivity index (χ0) is 14.2. The molecule has 9 heteroatoms. The summed E-state index contributed by atoms with van der Waals surface area (Å²) in [6.07, 6.45) is 0.787. The average Bonchev–Trinajstić information content (AvgIpc) is 2.70. The molecule has 98 valence electrons. The Hall–Kier alpha value is -2.97. The lowest BCUT2D eigenvalue weighted by molar-refractivity contribution is -0.384. The molecular weight excluding hydrogens is 261 g/mol. The molecule has 0 atom stereocenters. The van der Waals surface area contributed by atoms with Crippen LogP contribution in [-0.4, -0.2) is 30.9 Å². The van der Waals surface area contributed by atoms with Gasteiger partial charge in [-0.2, -0.15) is 5.10 Å². The zero-order valence-corrected chi connectivity index (χ0v) is 9.15. The Morgan fingerprint density at radius 3 is 2.68 bits per heavy atom. The monoisotopic (exact) mass is 267 g/mol. The van der Waals surface area contributed by atoms with Gasteiger partial charge in [0.25, 0.3) is 5.69 Å². The Kier molecular flexibility index (Phi) is 2.87. The van der Waals surface area contributed by atoms with Gasteiger partial charge in [0.15, 0.2) is 17.3 Å². The van der Waals surface area contributed by atoms with Crippen molar-refractivity contribution in [3.05, 3.63) is 46.0 Å². The Morgan fingerprint density at radius 2 is 2.16 bits per heavy atom. The number of nitrogens with zero attached hydrogens (tertiary/aromatic N) is 3. The third-order valence-corrected chi connectivity index (χ3v) is 2.29. The minimum Gasteiger partial charge on any atom is -0.504 e. The topological polar surface area (TPSA) is 118 Å². The molecule has 1 aromatic heterocycles. The number of benzene rings is 1. The average molecular weight is 267 g/mol. The van der Waals surface area contributed by atoms with Crippen LogP contribution in [0.15, 0.2) is 24.4 Å². The van der Waals surface area contributed by atoms with Crippen LogP contribution < -0.4 is 0 Å². The zero-order valence-electron chi connectivity index (χ0n) is 9.15. The van der Waals surface area contributed by atoms with Crippen LogP contribution in [-0.2, 0) is 0 Å². The molecule has 2 rings (SSSR count). The third-order valence-electron chi connectivity index (χ3n) is 2.29. The highest BCUT2D eigenvalue weighted by atomic mass is 19.1. The first-order valence-electron chi connectivity index (χ1n) is 4.87. The van der Waals surface area contributed by atoms with Crippen LogP contribution in [0.5, 0.6) is 5.75 Å². The van der Waals surface area contributed by atoms with Gasteiger partial charge in [0.05, 0.1) is 11.1 Å². The molecule has 1 aromatic carbocycles. The van der Waals surface area contributed by atoms with Gasteiger partial charge >= 0.3 is 5.97 Å². The maximum Gasteiger partial charge on any atom is 0.360 e. The summed E-state index contributed by atoms with van der Waals surface area (Å²) in [7, 11) is 0. The predicted molar refractivity (Wildman–Crippen MR) is 58.8 cm³/mol. The van der Waals surface area contributed by atoms with E-state index in [1.54, 1.807) is 0 Å². The Labute approximate surface area is 104 Å². The van der Waals surface area contributed by atoms with E-state index in [9.17, 15) is 24.4 Å². The summed E-state index contributed by atoms with van der Waals surface area (Å²) in [5.74, 6) is -3.21. The van der Waals surface area contributed by atoms with Crippen LogP contribution in [0.1, 0.15) is 10.5 Å².